The molecule has 158 valence electrons. The summed E-state index contributed by atoms with van der Waals surface area (Å²) in [6, 6.07) is 20.0. The summed E-state index contributed by atoms with van der Waals surface area (Å²) in [5.74, 6) is 2.84. The Bertz CT molecular complexity index is 1190. The van der Waals surface area contributed by atoms with Gasteiger partial charge in [0.1, 0.15) is 28.6 Å². The van der Waals surface area contributed by atoms with Crippen LogP contribution < -0.4 is 19.5 Å². The molecule has 4 rings (SSSR count). The van der Waals surface area contributed by atoms with Crippen LogP contribution >= 0.6 is 0 Å². The van der Waals surface area contributed by atoms with Crippen LogP contribution in [0.1, 0.15) is 23.0 Å². The largest absolute Gasteiger partial charge is 0.497 e. The molecule has 0 saturated heterocycles. The molecule has 0 aliphatic heterocycles. The molecule has 0 bridgehead atoms. The third-order valence-corrected chi connectivity index (χ3v) is 4.83. The maximum absolute atomic E-state index is 12.7. The lowest BCUT2D eigenvalue weighted by Crippen LogP contribution is -2.11. The third-order valence-electron chi connectivity index (χ3n) is 4.83. The number of amides is 1. The minimum Gasteiger partial charge on any atom is -0.497 e. The maximum Gasteiger partial charge on any atom is 0.291 e. The van der Waals surface area contributed by atoms with Gasteiger partial charge < -0.3 is 23.9 Å². The van der Waals surface area contributed by atoms with Gasteiger partial charge in [0.2, 0.25) is 0 Å². The topological polar surface area (TPSA) is 69.9 Å². The number of furan rings is 1. The number of carbonyl (C=O) groups excluding carboxylic acids is 1. The number of fused-ring (bicyclic) bond motifs is 1. The van der Waals surface area contributed by atoms with Gasteiger partial charge in [0.05, 0.1) is 13.7 Å². The minimum atomic E-state index is -0.312. The average Bonchev–Trinajstić information content (AvgIpc) is 3.12. The van der Waals surface area contributed by atoms with Crippen molar-refractivity contribution < 1.29 is 23.4 Å². The minimum absolute atomic E-state index is 0.276. The smallest absolute Gasteiger partial charge is 0.291 e. The molecular weight excluding hydrogens is 394 g/mol. The van der Waals surface area contributed by atoms with E-state index in [2.05, 4.69) is 5.32 Å². The Morgan fingerprint density at radius 3 is 2.16 bits per heavy atom. The molecule has 0 radical (unpaired) electrons. The molecule has 1 heterocycles. The van der Waals surface area contributed by atoms with Crippen molar-refractivity contribution >= 4 is 22.6 Å². The van der Waals surface area contributed by atoms with Gasteiger partial charge in [-0.1, -0.05) is 0 Å². The van der Waals surface area contributed by atoms with Crippen LogP contribution in [0.15, 0.2) is 71.1 Å². The van der Waals surface area contributed by atoms with Gasteiger partial charge in [-0.3, -0.25) is 4.79 Å². The zero-order valence-electron chi connectivity index (χ0n) is 17.6. The van der Waals surface area contributed by atoms with Crippen molar-refractivity contribution in [3.8, 4) is 23.0 Å². The molecule has 0 aliphatic rings. The van der Waals surface area contributed by atoms with Crippen molar-refractivity contribution in [1.29, 1.82) is 0 Å². The number of carbonyl (C=O) groups is 1. The lowest BCUT2D eigenvalue weighted by Gasteiger charge is -2.09. The quantitative estimate of drug-likeness (QED) is 0.388. The van der Waals surface area contributed by atoms with E-state index in [-0.39, 0.29) is 11.7 Å². The fraction of sp³-hybridized carbons (Fsp3) is 0.160. The van der Waals surface area contributed by atoms with E-state index < -0.39 is 0 Å². The van der Waals surface area contributed by atoms with Gasteiger partial charge in [0.15, 0.2) is 5.76 Å². The standard InChI is InChI=1S/C25H23NO5/c1-4-29-18-9-11-20(12-10-18)30-19-7-5-17(6-8-19)26-25(27)24-16(2)22-15-21(28-3)13-14-23(22)31-24/h5-15H,4H2,1-3H3,(H,26,27). The summed E-state index contributed by atoms with van der Waals surface area (Å²) in [7, 11) is 1.60. The predicted molar refractivity (Wildman–Crippen MR) is 120 cm³/mol. The normalized spacial score (nSPS) is 10.7. The molecular formula is C25H23NO5. The molecule has 0 fully saturated rings. The van der Waals surface area contributed by atoms with Crippen LogP contribution in [0.3, 0.4) is 0 Å². The number of nitrogens with one attached hydrogen (secondary N) is 1. The Hall–Kier alpha value is -3.93. The van der Waals surface area contributed by atoms with E-state index in [4.69, 9.17) is 18.6 Å². The summed E-state index contributed by atoms with van der Waals surface area (Å²) >= 11 is 0. The number of aryl methyl sites for hydroxylation is 1. The Kier molecular flexibility index (Phi) is 5.80. The molecule has 0 saturated carbocycles. The number of benzene rings is 3. The van der Waals surface area contributed by atoms with Gasteiger partial charge >= 0.3 is 0 Å². The highest BCUT2D eigenvalue weighted by Gasteiger charge is 2.18. The zero-order chi connectivity index (χ0) is 21.8. The fourth-order valence-corrected chi connectivity index (χ4v) is 3.24. The average molecular weight is 417 g/mol. The predicted octanol–water partition coefficient (Wildman–Crippen LogP) is 6.19. The molecule has 0 atom stereocenters. The van der Waals surface area contributed by atoms with E-state index in [0.29, 0.717) is 35.1 Å². The van der Waals surface area contributed by atoms with E-state index in [9.17, 15) is 4.79 Å². The van der Waals surface area contributed by atoms with Crippen molar-refractivity contribution in [3.63, 3.8) is 0 Å². The summed E-state index contributed by atoms with van der Waals surface area (Å²) < 4.78 is 22.3. The zero-order valence-corrected chi connectivity index (χ0v) is 17.6. The van der Waals surface area contributed by atoms with Gasteiger partial charge in [-0.25, -0.2) is 0 Å². The summed E-state index contributed by atoms with van der Waals surface area (Å²) in [6.07, 6.45) is 0. The van der Waals surface area contributed by atoms with E-state index in [1.165, 1.54) is 0 Å². The van der Waals surface area contributed by atoms with Crippen molar-refractivity contribution in [1.82, 2.24) is 0 Å². The lowest BCUT2D eigenvalue weighted by atomic mass is 10.1. The van der Waals surface area contributed by atoms with Gasteiger partial charge in [-0.2, -0.15) is 0 Å². The van der Waals surface area contributed by atoms with Crippen molar-refractivity contribution in [2.24, 2.45) is 0 Å². The molecule has 1 aromatic heterocycles. The molecule has 3 aromatic carbocycles. The molecule has 31 heavy (non-hydrogen) atoms. The molecule has 6 nitrogen and oxygen atoms in total. The third kappa shape index (κ3) is 4.48. The number of hydrogen-bond acceptors (Lipinski definition) is 5. The van der Waals surface area contributed by atoms with Gasteiger partial charge in [-0.05, 0) is 80.6 Å². The molecule has 0 unspecified atom stereocenters. The second-order valence-corrected chi connectivity index (χ2v) is 6.90. The van der Waals surface area contributed by atoms with Crippen LogP contribution in [-0.4, -0.2) is 19.6 Å². The molecule has 6 heteroatoms. The molecule has 1 N–H and O–H groups in total. The molecule has 1 amide bonds. The monoisotopic (exact) mass is 417 g/mol. The number of ether oxygens (including phenoxy) is 3. The fourth-order valence-electron chi connectivity index (χ4n) is 3.24. The SMILES string of the molecule is CCOc1ccc(Oc2ccc(NC(=O)c3oc4ccc(OC)cc4c3C)cc2)cc1. The maximum atomic E-state index is 12.7. The molecule has 0 aliphatic carbocycles. The Balaban J connectivity index is 1.44. The van der Waals surface area contributed by atoms with Crippen LogP contribution in [0.5, 0.6) is 23.0 Å². The van der Waals surface area contributed by atoms with Crippen molar-refractivity contribution in [2.75, 3.05) is 19.0 Å². The number of methoxy groups -OCH3 is 1. The second-order valence-electron chi connectivity index (χ2n) is 6.90. The van der Waals surface area contributed by atoms with Crippen LogP contribution in [0.25, 0.3) is 11.0 Å². The first-order valence-electron chi connectivity index (χ1n) is 9.96. The summed E-state index contributed by atoms with van der Waals surface area (Å²) in [4.78, 5) is 12.7. The van der Waals surface area contributed by atoms with E-state index in [0.717, 1.165) is 16.7 Å². The highest BCUT2D eigenvalue weighted by Crippen LogP contribution is 2.30. The Labute approximate surface area is 180 Å². The van der Waals surface area contributed by atoms with Gasteiger partial charge in [0, 0.05) is 16.6 Å². The highest BCUT2D eigenvalue weighted by molar-refractivity contribution is 6.06. The lowest BCUT2D eigenvalue weighted by molar-refractivity contribution is 0.0998. The summed E-state index contributed by atoms with van der Waals surface area (Å²) in [5, 5.41) is 3.72. The van der Waals surface area contributed by atoms with Crippen LogP contribution in [0.4, 0.5) is 5.69 Å². The first kappa shape index (κ1) is 20.3. The van der Waals surface area contributed by atoms with Gasteiger partial charge in [-0.15, -0.1) is 0 Å². The van der Waals surface area contributed by atoms with Crippen molar-refractivity contribution in [3.05, 3.63) is 78.1 Å². The van der Waals surface area contributed by atoms with E-state index >= 15 is 0 Å². The van der Waals surface area contributed by atoms with E-state index in [1.54, 1.807) is 43.5 Å². The van der Waals surface area contributed by atoms with Crippen LogP contribution in [0.2, 0.25) is 0 Å². The number of hydrogen-bond donors (Lipinski definition) is 1. The number of rotatable bonds is 7. The summed E-state index contributed by atoms with van der Waals surface area (Å²) in [5.41, 5.74) is 2.05. The Morgan fingerprint density at radius 1 is 0.903 bits per heavy atom. The molecule has 0 spiro atoms. The highest BCUT2D eigenvalue weighted by atomic mass is 16.5. The second kappa shape index (κ2) is 8.83. The number of anilines is 1. The van der Waals surface area contributed by atoms with E-state index in [1.807, 2.05) is 44.2 Å². The van der Waals surface area contributed by atoms with Crippen LogP contribution in [-0.2, 0) is 0 Å². The molecule has 4 aromatic rings. The van der Waals surface area contributed by atoms with Gasteiger partial charge in [0.25, 0.3) is 5.91 Å². The van der Waals surface area contributed by atoms with Crippen LogP contribution in [0, 0.1) is 6.92 Å². The first-order chi connectivity index (χ1) is 15.1. The first-order valence-corrected chi connectivity index (χ1v) is 9.96. The summed E-state index contributed by atoms with van der Waals surface area (Å²) in [6.45, 7) is 4.42. The van der Waals surface area contributed by atoms with Crippen molar-refractivity contribution in [2.45, 2.75) is 13.8 Å². The Morgan fingerprint density at radius 2 is 1.52 bits per heavy atom.